The van der Waals surface area contributed by atoms with Crippen LogP contribution in [-0.4, -0.2) is 24.5 Å². The zero-order valence-corrected chi connectivity index (χ0v) is 12.6. The predicted octanol–water partition coefficient (Wildman–Crippen LogP) is 2.54. The molecule has 1 amide bonds. The molecule has 0 unspecified atom stereocenters. The molecule has 4 N–H and O–H groups in total. The summed E-state index contributed by atoms with van der Waals surface area (Å²) in [5.74, 6) is -0.454. The highest BCUT2D eigenvalue weighted by molar-refractivity contribution is 6.33. The minimum atomic E-state index is -0.454. The van der Waals surface area contributed by atoms with Crippen LogP contribution in [0.1, 0.15) is 43.0 Å². The van der Waals surface area contributed by atoms with Gasteiger partial charge in [0.1, 0.15) is 0 Å². The molecular weight excluding hydrogens is 274 g/mol. The van der Waals surface area contributed by atoms with Crippen molar-refractivity contribution in [1.82, 2.24) is 0 Å². The van der Waals surface area contributed by atoms with E-state index in [0.29, 0.717) is 22.7 Å². The van der Waals surface area contributed by atoms with Crippen molar-refractivity contribution in [2.45, 2.75) is 44.7 Å². The molecule has 2 rings (SSSR count). The molecule has 0 saturated heterocycles. The predicted molar refractivity (Wildman–Crippen MR) is 83.2 cm³/mol. The van der Waals surface area contributed by atoms with E-state index in [1.807, 2.05) is 6.07 Å². The van der Waals surface area contributed by atoms with Crippen LogP contribution in [-0.2, 0) is 0 Å². The average molecular weight is 296 g/mol. The summed E-state index contributed by atoms with van der Waals surface area (Å²) in [5, 5.41) is 0.582. The Balaban J connectivity index is 2.21. The first-order valence-corrected chi connectivity index (χ1v) is 7.52. The number of nitrogens with zero attached hydrogens (tertiary/aromatic N) is 1. The van der Waals surface area contributed by atoms with E-state index in [1.165, 1.54) is 0 Å². The van der Waals surface area contributed by atoms with E-state index in [2.05, 4.69) is 11.8 Å². The van der Waals surface area contributed by atoms with E-state index in [1.54, 1.807) is 12.1 Å². The van der Waals surface area contributed by atoms with Gasteiger partial charge in [-0.05, 0) is 50.8 Å². The molecule has 1 saturated carbocycles. The van der Waals surface area contributed by atoms with Crippen LogP contribution in [0.5, 0.6) is 0 Å². The molecule has 0 bridgehead atoms. The molecule has 0 aromatic heterocycles. The Bertz CT molecular complexity index is 484. The van der Waals surface area contributed by atoms with Crippen molar-refractivity contribution in [3.8, 4) is 0 Å². The lowest BCUT2D eigenvalue weighted by Crippen LogP contribution is -2.41. The molecule has 1 fully saturated rings. The van der Waals surface area contributed by atoms with Crippen LogP contribution in [0.4, 0.5) is 5.69 Å². The number of hydrogen-bond donors (Lipinski definition) is 2. The second-order valence-electron chi connectivity index (χ2n) is 5.39. The molecule has 1 aliphatic rings. The first-order chi connectivity index (χ1) is 9.52. The van der Waals surface area contributed by atoms with Crippen molar-refractivity contribution in [3.05, 3.63) is 28.8 Å². The Kier molecular flexibility index (Phi) is 4.89. The number of benzene rings is 1. The fourth-order valence-corrected chi connectivity index (χ4v) is 3.22. The molecule has 4 nitrogen and oxygen atoms in total. The molecule has 0 spiro atoms. The monoisotopic (exact) mass is 295 g/mol. The van der Waals surface area contributed by atoms with Crippen molar-refractivity contribution < 1.29 is 4.79 Å². The van der Waals surface area contributed by atoms with Gasteiger partial charge in [0.05, 0.1) is 10.7 Å². The van der Waals surface area contributed by atoms with Crippen LogP contribution < -0.4 is 16.4 Å². The molecule has 1 aromatic carbocycles. The molecular formula is C15H22ClN3O. The quantitative estimate of drug-likeness (QED) is 0.896. The lowest BCUT2D eigenvalue weighted by molar-refractivity contribution is 0.100. The van der Waals surface area contributed by atoms with Gasteiger partial charge in [-0.1, -0.05) is 11.6 Å². The maximum absolute atomic E-state index is 11.2. The summed E-state index contributed by atoms with van der Waals surface area (Å²) >= 11 is 6.32. The van der Waals surface area contributed by atoms with E-state index in [4.69, 9.17) is 23.1 Å². The van der Waals surface area contributed by atoms with Gasteiger partial charge in [-0.2, -0.15) is 0 Å². The van der Waals surface area contributed by atoms with Crippen LogP contribution in [0.25, 0.3) is 0 Å². The number of carbonyl (C=O) groups excluding carboxylic acids is 1. The molecule has 0 heterocycles. The molecule has 0 radical (unpaired) electrons. The molecule has 5 heteroatoms. The number of halogens is 1. The van der Waals surface area contributed by atoms with Crippen molar-refractivity contribution >= 4 is 23.2 Å². The van der Waals surface area contributed by atoms with Crippen LogP contribution in [0.2, 0.25) is 5.02 Å². The van der Waals surface area contributed by atoms with E-state index >= 15 is 0 Å². The standard InChI is InChI=1S/C15H22ClN3O/c1-2-19(12-6-4-11(17)5-7-12)14-8-3-10(15(18)20)9-13(14)16/h3,8-9,11-12H,2,4-7,17H2,1H3,(H2,18,20). The van der Waals surface area contributed by atoms with Gasteiger partial charge < -0.3 is 16.4 Å². The average Bonchev–Trinajstić information content (AvgIpc) is 2.43. The van der Waals surface area contributed by atoms with E-state index in [0.717, 1.165) is 37.9 Å². The number of nitrogens with two attached hydrogens (primary N) is 2. The summed E-state index contributed by atoms with van der Waals surface area (Å²) in [5.41, 5.74) is 12.7. The summed E-state index contributed by atoms with van der Waals surface area (Å²) in [4.78, 5) is 13.5. The van der Waals surface area contributed by atoms with Crippen LogP contribution >= 0.6 is 11.6 Å². The second kappa shape index (κ2) is 6.46. The number of carbonyl (C=O) groups is 1. The van der Waals surface area contributed by atoms with Gasteiger partial charge in [0.2, 0.25) is 5.91 Å². The van der Waals surface area contributed by atoms with Gasteiger partial charge in [-0.25, -0.2) is 0 Å². The smallest absolute Gasteiger partial charge is 0.248 e. The van der Waals surface area contributed by atoms with E-state index < -0.39 is 5.91 Å². The highest BCUT2D eigenvalue weighted by Crippen LogP contribution is 2.32. The largest absolute Gasteiger partial charge is 0.368 e. The third-order valence-electron chi connectivity index (χ3n) is 4.06. The number of anilines is 1. The molecule has 0 aliphatic heterocycles. The van der Waals surface area contributed by atoms with Crippen molar-refractivity contribution in [2.24, 2.45) is 11.5 Å². The van der Waals surface area contributed by atoms with Gasteiger partial charge in [-0.15, -0.1) is 0 Å². The summed E-state index contributed by atoms with van der Waals surface area (Å²) < 4.78 is 0. The first-order valence-electron chi connectivity index (χ1n) is 7.14. The Morgan fingerprint density at radius 2 is 2.00 bits per heavy atom. The highest BCUT2D eigenvalue weighted by Gasteiger charge is 2.25. The van der Waals surface area contributed by atoms with Gasteiger partial charge in [-0.3, -0.25) is 4.79 Å². The number of rotatable bonds is 4. The number of primary amides is 1. The molecule has 20 heavy (non-hydrogen) atoms. The topological polar surface area (TPSA) is 72.3 Å². The lowest BCUT2D eigenvalue weighted by atomic mass is 9.90. The zero-order chi connectivity index (χ0) is 14.7. The minimum absolute atomic E-state index is 0.331. The van der Waals surface area contributed by atoms with Crippen molar-refractivity contribution in [2.75, 3.05) is 11.4 Å². The van der Waals surface area contributed by atoms with Gasteiger partial charge in [0.25, 0.3) is 0 Å². The molecule has 1 aliphatic carbocycles. The van der Waals surface area contributed by atoms with Gasteiger partial charge in [0, 0.05) is 24.2 Å². The fourth-order valence-electron chi connectivity index (χ4n) is 2.93. The lowest BCUT2D eigenvalue weighted by Gasteiger charge is -2.37. The van der Waals surface area contributed by atoms with Crippen molar-refractivity contribution in [1.29, 1.82) is 0 Å². The maximum atomic E-state index is 11.2. The minimum Gasteiger partial charge on any atom is -0.368 e. The van der Waals surface area contributed by atoms with Gasteiger partial charge in [0.15, 0.2) is 0 Å². The van der Waals surface area contributed by atoms with Crippen molar-refractivity contribution in [3.63, 3.8) is 0 Å². The summed E-state index contributed by atoms with van der Waals surface area (Å²) in [6.07, 6.45) is 4.28. The summed E-state index contributed by atoms with van der Waals surface area (Å²) in [7, 11) is 0. The summed E-state index contributed by atoms with van der Waals surface area (Å²) in [6, 6.07) is 6.08. The Hall–Kier alpha value is -1.26. The summed E-state index contributed by atoms with van der Waals surface area (Å²) in [6.45, 7) is 3.00. The zero-order valence-electron chi connectivity index (χ0n) is 11.8. The number of hydrogen-bond acceptors (Lipinski definition) is 3. The normalized spacial score (nSPS) is 22.6. The fraction of sp³-hybridized carbons (Fsp3) is 0.533. The molecule has 110 valence electrons. The van der Waals surface area contributed by atoms with E-state index in [-0.39, 0.29) is 0 Å². The second-order valence-corrected chi connectivity index (χ2v) is 5.79. The number of amides is 1. The molecule has 1 aromatic rings. The van der Waals surface area contributed by atoms with Crippen LogP contribution in [0.15, 0.2) is 18.2 Å². The Labute approximate surface area is 125 Å². The first kappa shape index (κ1) is 15.1. The van der Waals surface area contributed by atoms with Crippen LogP contribution in [0, 0.1) is 0 Å². The third-order valence-corrected chi connectivity index (χ3v) is 4.37. The van der Waals surface area contributed by atoms with Gasteiger partial charge >= 0.3 is 0 Å². The Morgan fingerprint density at radius 1 is 1.35 bits per heavy atom. The van der Waals surface area contributed by atoms with Crippen LogP contribution in [0.3, 0.4) is 0 Å². The molecule has 0 atom stereocenters. The van der Waals surface area contributed by atoms with E-state index in [9.17, 15) is 4.79 Å². The highest BCUT2D eigenvalue weighted by atomic mass is 35.5. The Morgan fingerprint density at radius 3 is 2.50 bits per heavy atom. The maximum Gasteiger partial charge on any atom is 0.248 e. The SMILES string of the molecule is CCN(c1ccc(C(N)=O)cc1Cl)C1CCC(N)CC1. The third kappa shape index (κ3) is 3.25.